The van der Waals surface area contributed by atoms with Gasteiger partial charge in [0.25, 0.3) is 5.91 Å². The van der Waals surface area contributed by atoms with E-state index in [-0.39, 0.29) is 41.1 Å². The van der Waals surface area contributed by atoms with Gasteiger partial charge >= 0.3 is 6.18 Å². The second-order valence-electron chi connectivity index (χ2n) is 10.8. The van der Waals surface area contributed by atoms with Crippen molar-refractivity contribution in [1.29, 1.82) is 0 Å². The zero-order chi connectivity index (χ0) is 27.9. The Morgan fingerprint density at radius 2 is 1.90 bits per heavy atom. The van der Waals surface area contributed by atoms with Gasteiger partial charge in [0.05, 0.1) is 23.3 Å². The van der Waals surface area contributed by atoms with Crippen molar-refractivity contribution >= 4 is 22.8 Å². The molecule has 0 saturated heterocycles. The second-order valence-corrected chi connectivity index (χ2v) is 10.8. The molecule has 2 aliphatic carbocycles. The van der Waals surface area contributed by atoms with E-state index >= 15 is 0 Å². The lowest BCUT2D eigenvalue weighted by Gasteiger charge is -2.34. The van der Waals surface area contributed by atoms with Crippen LogP contribution in [0.5, 0.6) is 5.75 Å². The van der Waals surface area contributed by atoms with Gasteiger partial charge in [0.15, 0.2) is 0 Å². The quantitative estimate of drug-likeness (QED) is 0.381. The van der Waals surface area contributed by atoms with Gasteiger partial charge in [0.1, 0.15) is 23.3 Å². The minimum absolute atomic E-state index is 0.0681. The maximum absolute atomic E-state index is 13.6. The van der Waals surface area contributed by atoms with E-state index in [1.165, 1.54) is 19.3 Å². The van der Waals surface area contributed by atoms with Crippen molar-refractivity contribution in [2.24, 2.45) is 11.8 Å². The normalized spacial score (nSPS) is 21.5. The van der Waals surface area contributed by atoms with Crippen molar-refractivity contribution in [1.82, 2.24) is 25.6 Å². The molecule has 0 spiro atoms. The number of aryl methyl sites for hydroxylation is 1. The van der Waals surface area contributed by atoms with E-state index < -0.39 is 11.7 Å². The molecular weight excluding hydrogens is 511 g/mol. The summed E-state index contributed by atoms with van der Waals surface area (Å²) in [5.41, 5.74) is 1.19. The van der Waals surface area contributed by atoms with Crippen LogP contribution in [0.2, 0.25) is 0 Å². The number of halogens is 3. The third-order valence-corrected chi connectivity index (χ3v) is 7.63. The van der Waals surface area contributed by atoms with Crippen molar-refractivity contribution in [2.75, 3.05) is 6.61 Å². The number of nitrogens with zero attached hydrogens (tertiary/aromatic N) is 2. The molecule has 1 aromatic carbocycles. The second kappa shape index (κ2) is 10.5. The largest absolute Gasteiger partial charge is 0.493 e. The summed E-state index contributed by atoms with van der Waals surface area (Å²) in [6.07, 6.45) is 1.02. The lowest BCUT2D eigenvalue weighted by atomic mass is 9.82. The number of hydrogen-bond acceptors (Lipinski definition) is 5. The molecule has 0 radical (unpaired) electrons. The molecule has 39 heavy (non-hydrogen) atoms. The third kappa shape index (κ3) is 5.86. The predicted octanol–water partition coefficient (Wildman–Crippen LogP) is 5.16. The first-order valence-electron chi connectivity index (χ1n) is 13.3. The SMILES string of the molecule is CC(=O)N[C@@H]1CC[C@@H](NC(=O)c2c(C)[nH]c3c(-c4cc(C(F)(F)F)ccc4OCC4CC4)ncnc23)[C@H](C)C1. The molecule has 2 aromatic heterocycles. The molecule has 3 atom stereocenters. The lowest BCUT2D eigenvalue weighted by molar-refractivity contribution is -0.137. The maximum Gasteiger partial charge on any atom is 0.416 e. The molecule has 3 N–H and O–H groups in total. The third-order valence-electron chi connectivity index (χ3n) is 7.63. The Labute approximate surface area is 224 Å². The number of aromatic amines is 1. The molecule has 2 aliphatic rings. The van der Waals surface area contributed by atoms with Crippen molar-refractivity contribution in [3.63, 3.8) is 0 Å². The van der Waals surface area contributed by atoms with E-state index in [4.69, 9.17) is 4.74 Å². The van der Waals surface area contributed by atoms with E-state index in [1.807, 2.05) is 6.92 Å². The number of aromatic nitrogens is 3. The summed E-state index contributed by atoms with van der Waals surface area (Å²) in [6, 6.07) is 3.37. The van der Waals surface area contributed by atoms with Crippen molar-refractivity contribution in [3.05, 3.63) is 41.3 Å². The number of hydrogen-bond donors (Lipinski definition) is 3. The van der Waals surface area contributed by atoms with E-state index in [9.17, 15) is 22.8 Å². The molecule has 2 heterocycles. The molecule has 2 saturated carbocycles. The van der Waals surface area contributed by atoms with Gasteiger partial charge in [0.2, 0.25) is 5.91 Å². The summed E-state index contributed by atoms with van der Waals surface area (Å²) < 4.78 is 46.8. The molecule has 0 aliphatic heterocycles. The minimum Gasteiger partial charge on any atom is -0.493 e. The van der Waals surface area contributed by atoms with Crippen LogP contribution in [0.1, 0.15) is 67.6 Å². The fraction of sp³-hybridized carbons (Fsp3) is 0.500. The average Bonchev–Trinajstić information content (AvgIpc) is 3.63. The topological polar surface area (TPSA) is 109 Å². The number of ether oxygens (including phenoxy) is 1. The van der Waals surface area contributed by atoms with Crippen LogP contribution in [-0.2, 0) is 11.0 Å². The number of fused-ring (bicyclic) bond motifs is 1. The Morgan fingerprint density at radius 3 is 2.56 bits per heavy atom. The zero-order valence-electron chi connectivity index (χ0n) is 22.1. The summed E-state index contributed by atoms with van der Waals surface area (Å²) >= 11 is 0. The Hall–Kier alpha value is -3.63. The van der Waals surface area contributed by atoms with E-state index in [0.29, 0.717) is 47.0 Å². The Bertz CT molecular complexity index is 1400. The number of alkyl halides is 3. The molecule has 2 amide bonds. The van der Waals surface area contributed by atoms with Crippen molar-refractivity contribution in [3.8, 4) is 17.0 Å². The molecule has 3 aromatic rings. The summed E-state index contributed by atoms with van der Waals surface area (Å²) in [4.78, 5) is 36.7. The molecule has 0 unspecified atom stereocenters. The number of amides is 2. The molecule has 0 bridgehead atoms. The van der Waals surface area contributed by atoms with E-state index in [0.717, 1.165) is 37.8 Å². The monoisotopic (exact) mass is 543 g/mol. The van der Waals surface area contributed by atoms with E-state index in [2.05, 4.69) is 25.6 Å². The summed E-state index contributed by atoms with van der Waals surface area (Å²) in [5.74, 6) is 0.475. The van der Waals surface area contributed by atoms with Crippen LogP contribution in [0.25, 0.3) is 22.3 Å². The van der Waals surface area contributed by atoms with Gasteiger partial charge in [-0.15, -0.1) is 0 Å². The number of rotatable bonds is 7. The Morgan fingerprint density at radius 1 is 1.13 bits per heavy atom. The number of carbonyl (C=O) groups is 2. The van der Waals surface area contributed by atoms with Crippen LogP contribution in [0.4, 0.5) is 13.2 Å². The highest BCUT2D eigenvalue weighted by molar-refractivity contribution is 6.09. The fourth-order valence-electron chi connectivity index (χ4n) is 5.38. The Balaban J connectivity index is 1.46. The molecule has 2 fully saturated rings. The van der Waals surface area contributed by atoms with E-state index in [1.54, 1.807) is 6.92 Å². The summed E-state index contributed by atoms with van der Waals surface area (Å²) in [7, 11) is 0. The number of nitrogens with one attached hydrogen (secondary N) is 3. The van der Waals surface area contributed by atoms with Gasteiger partial charge in [0, 0.05) is 30.3 Å². The molecule has 11 heteroatoms. The summed E-state index contributed by atoms with van der Waals surface area (Å²) in [6.45, 7) is 5.69. The first-order valence-corrected chi connectivity index (χ1v) is 13.3. The van der Waals surface area contributed by atoms with Gasteiger partial charge in [-0.3, -0.25) is 9.59 Å². The highest BCUT2D eigenvalue weighted by atomic mass is 19.4. The lowest BCUT2D eigenvalue weighted by Crippen LogP contribution is -2.47. The van der Waals surface area contributed by atoms with Gasteiger partial charge in [-0.2, -0.15) is 13.2 Å². The standard InChI is InChI=1S/C28H32F3N5O3/c1-14-10-19(35-16(3)37)7-8-21(14)36-27(38)23-15(2)34-26-24(32-13-33-25(23)26)20-11-18(28(29,30)31)6-9-22(20)39-12-17-4-5-17/h6,9,11,13-14,17,19,21,34H,4-5,7-8,10,12H2,1-3H3,(H,35,37)(H,36,38)/t14-,19-,21-/m1/s1. The highest BCUT2D eigenvalue weighted by Crippen LogP contribution is 2.40. The zero-order valence-corrected chi connectivity index (χ0v) is 22.1. The summed E-state index contributed by atoms with van der Waals surface area (Å²) in [5, 5.41) is 6.06. The first-order chi connectivity index (χ1) is 18.5. The van der Waals surface area contributed by atoms with Crippen molar-refractivity contribution < 1.29 is 27.5 Å². The average molecular weight is 544 g/mol. The molecule has 8 nitrogen and oxygen atoms in total. The predicted molar refractivity (Wildman–Crippen MR) is 139 cm³/mol. The maximum atomic E-state index is 13.6. The number of benzene rings is 1. The van der Waals surface area contributed by atoms with Gasteiger partial charge in [-0.1, -0.05) is 6.92 Å². The molecule has 208 valence electrons. The van der Waals surface area contributed by atoms with Gasteiger partial charge < -0.3 is 20.4 Å². The highest BCUT2D eigenvalue weighted by Gasteiger charge is 2.33. The number of H-pyrrole nitrogens is 1. The van der Waals surface area contributed by atoms with Gasteiger partial charge in [-0.05, 0) is 69.1 Å². The van der Waals surface area contributed by atoms with Crippen LogP contribution in [0.15, 0.2) is 24.5 Å². The molecule has 5 rings (SSSR count). The van der Waals surface area contributed by atoms with Crippen LogP contribution < -0.4 is 15.4 Å². The minimum atomic E-state index is -4.54. The smallest absolute Gasteiger partial charge is 0.416 e. The number of carbonyl (C=O) groups excluding carboxylic acids is 2. The van der Waals surface area contributed by atoms with Crippen LogP contribution in [0.3, 0.4) is 0 Å². The van der Waals surface area contributed by atoms with Crippen LogP contribution in [0, 0.1) is 18.8 Å². The Kier molecular flexibility index (Phi) is 7.26. The van der Waals surface area contributed by atoms with Gasteiger partial charge in [-0.25, -0.2) is 9.97 Å². The fourth-order valence-corrected chi connectivity index (χ4v) is 5.38. The van der Waals surface area contributed by atoms with Crippen LogP contribution >= 0.6 is 0 Å². The first kappa shape index (κ1) is 27.0. The van der Waals surface area contributed by atoms with Crippen molar-refractivity contribution in [2.45, 2.75) is 71.1 Å². The molecular formula is C28H32F3N5O3. The van der Waals surface area contributed by atoms with Crippen LogP contribution in [-0.4, -0.2) is 45.5 Å².